The Kier molecular flexibility index (Phi) is 10.9. The Labute approximate surface area is 157 Å². The van der Waals surface area contributed by atoms with Crippen LogP contribution in [0, 0.1) is 0 Å². The minimum Gasteiger partial charge on any atom is -0.507 e. The summed E-state index contributed by atoms with van der Waals surface area (Å²) in [7, 11) is 1.81. The lowest BCUT2D eigenvalue weighted by Crippen LogP contribution is -2.12. The topological polar surface area (TPSA) is 61.4 Å². The fourth-order valence-corrected chi connectivity index (χ4v) is 2.30. The number of benzene rings is 2. The fourth-order valence-electron chi connectivity index (χ4n) is 1.66. The molecule has 2 aromatic rings. The number of hydrogen-bond donors (Lipinski definition) is 3. The van der Waals surface area contributed by atoms with Gasteiger partial charge in [0, 0.05) is 22.2 Å². The summed E-state index contributed by atoms with van der Waals surface area (Å²) in [6, 6.07) is 9.80. The highest BCUT2D eigenvalue weighted by Crippen LogP contribution is 2.28. The first-order valence-electron chi connectivity index (χ1n) is 7.78. The average Bonchev–Trinajstić information content (AvgIpc) is 2.60. The third-order valence-electron chi connectivity index (χ3n) is 2.71. The third-order valence-corrected chi connectivity index (χ3v) is 3.60. The number of amides is 1. The highest BCUT2D eigenvalue weighted by atomic mass is 79.9. The van der Waals surface area contributed by atoms with Crippen LogP contribution in [0.1, 0.15) is 38.1 Å². The maximum absolute atomic E-state index is 12.1. The maximum atomic E-state index is 12.1. The second-order valence-electron chi connectivity index (χ2n) is 4.06. The quantitative estimate of drug-likeness (QED) is 0.563. The molecule has 0 aliphatic rings. The molecule has 132 valence electrons. The van der Waals surface area contributed by atoms with Crippen LogP contribution in [0.15, 0.2) is 40.9 Å². The summed E-state index contributed by atoms with van der Waals surface area (Å²) in [6.45, 7) is 8.00. The normalized spacial score (nSPS) is 8.96. The van der Waals surface area contributed by atoms with Crippen molar-refractivity contribution in [3.8, 4) is 5.75 Å². The largest absolute Gasteiger partial charge is 0.507 e. The van der Waals surface area contributed by atoms with E-state index in [0.29, 0.717) is 10.7 Å². The van der Waals surface area contributed by atoms with Gasteiger partial charge in [-0.05, 0) is 52.3 Å². The molecule has 0 fully saturated rings. The summed E-state index contributed by atoms with van der Waals surface area (Å²) in [6.07, 6.45) is 0. The zero-order valence-corrected chi connectivity index (χ0v) is 16.9. The number of carbonyl (C=O) groups is 1. The van der Waals surface area contributed by atoms with Crippen LogP contribution < -0.4 is 10.6 Å². The lowest BCUT2D eigenvalue weighted by molar-refractivity contribution is 0.102. The number of hydrogen-bond acceptors (Lipinski definition) is 3. The number of anilines is 2. The number of carbonyl (C=O) groups excluding carboxylic acids is 1. The van der Waals surface area contributed by atoms with Gasteiger partial charge in [-0.3, -0.25) is 4.79 Å². The van der Waals surface area contributed by atoms with E-state index < -0.39 is 5.91 Å². The van der Waals surface area contributed by atoms with Gasteiger partial charge in [0.05, 0.1) is 11.3 Å². The van der Waals surface area contributed by atoms with Gasteiger partial charge in [-0.15, -0.1) is 0 Å². The van der Waals surface area contributed by atoms with Crippen LogP contribution in [0.25, 0.3) is 0 Å². The van der Waals surface area contributed by atoms with Crippen molar-refractivity contribution < 1.29 is 9.90 Å². The highest BCUT2D eigenvalue weighted by molar-refractivity contribution is 9.10. The van der Waals surface area contributed by atoms with Gasteiger partial charge in [0.1, 0.15) is 5.75 Å². The molecule has 0 aliphatic carbocycles. The number of phenolic OH excluding ortho intramolecular Hbond substituents is 1. The zero-order chi connectivity index (χ0) is 18.7. The summed E-state index contributed by atoms with van der Waals surface area (Å²) >= 11 is 9.12. The number of phenols is 1. The van der Waals surface area contributed by atoms with E-state index in [-0.39, 0.29) is 11.3 Å². The van der Waals surface area contributed by atoms with Crippen LogP contribution in [0.5, 0.6) is 5.75 Å². The monoisotopic (exact) mass is 414 g/mol. The molecule has 0 bridgehead atoms. The molecule has 2 aromatic carbocycles. The molecule has 0 radical (unpaired) electrons. The van der Waals surface area contributed by atoms with E-state index in [1.165, 1.54) is 12.1 Å². The van der Waals surface area contributed by atoms with E-state index in [0.717, 1.165) is 10.2 Å². The molecule has 0 saturated carbocycles. The third kappa shape index (κ3) is 6.42. The second-order valence-corrected chi connectivity index (χ2v) is 5.35. The molecule has 0 unspecified atom stereocenters. The molecule has 0 aliphatic heterocycles. The van der Waals surface area contributed by atoms with Gasteiger partial charge in [0.25, 0.3) is 5.91 Å². The first-order chi connectivity index (χ1) is 11.5. The molecule has 24 heavy (non-hydrogen) atoms. The van der Waals surface area contributed by atoms with E-state index in [2.05, 4.69) is 26.6 Å². The van der Waals surface area contributed by atoms with Crippen LogP contribution in [-0.2, 0) is 0 Å². The van der Waals surface area contributed by atoms with Gasteiger partial charge in [-0.1, -0.05) is 39.3 Å². The summed E-state index contributed by atoms with van der Waals surface area (Å²) in [4.78, 5) is 12.1. The SMILES string of the molecule is CC.CC.CNc1ccc(NC(=O)c2ccc(Cl)cc2O)c(Br)c1. The molecule has 0 heterocycles. The first-order valence-corrected chi connectivity index (χ1v) is 8.95. The van der Waals surface area contributed by atoms with Gasteiger partial charge in [0.15, 0.2) is 0 Å². The molecule has 1 amide bonds. The number of rotatable bonds is 3. The standard InChI is InChI=1S/C14H12BrClN2O2.2C2H6/c1-17-9-3-5-12(11(15)7-9)18-14(20)10-4-2-8(16)6-13(10)19;2*1-2/h2-7,17,19H,1H3,(H,18,20);2*1-2H3. The van der Waals surface area contributed by atoms with Crippen molar-refractivity contribution in [1.82, 2.24) is 0 Å². The molecule has 0 aromatic heterocycles. The van der Waals surface area contributed by atoms with Crippen molar-refractivity contribution in [2.45, 2.75) is 27.7 Å². The molecule has 4 nitrogen and oxygen atoms in total. The van der Waals surface area contributed by atoms with Gasteiger partial charge < -0.3 is 15.7 Å². The number of aromatic hydroxyl groups is 1. The second kappa shape index (κ2) is 11.8. The van der Waals surface area contributed by atoms with Crippen molar-refractivity contribution in [1.29, 1.82) is 0 Å². The Hall–Kier alpha value is -1.72. The van der Waals surface area contributed by atoms with Crippen molar-refractivity contribution in [3.05, 3.63) is 51.5 Å². The molecule has 2 rings (SSSR count). The first kappa shape index (κ1) is 22.3. The van der Waals surface area contributed by atoms with Crippen LogP contribution in [-0.4, -0.2) is 18.1 Å². The fraction of sp³-hybridized carbons (Fsp3) is 0.278. The van der Waals surface area contributed by atoms with Gasteiger partial charge in [-0.2, -0.15) is 0 Å². The van der Waals surface area contributed by atoms with Gasteiger partial charge >= 0.3 is 0 Å². The van der Waals surface area contributed by atoms with Crippen molar-refractivity contribution in [3.63, 3.8) is 0 Å². The average molecular weight is 416 g/mol. The molecule has 0 spiro atoms. The van der Waals surface area contributed by atoms with E-state index in [4.69, 9.17) is 11.6 Å². The predicted molar refractivity (Wildman–Crippen MR) is 107 cm³/mol. The molecule has 6 heteroatoms. The van der Waals surface area contributed by atoms with Crippen molar-refractivity contribution >= 4 is 44.8 Å². The van der Waals surface area contributed by atoms with E-state index in [1.54, 1.807) is 12.1 Å². The van der Waals surface area contributed by atoms with E-state index in [1.807, 2.05) is 46.9 Å². The zero-order valence-electron chi connectivity index (χ0n) is 14.6. The van der Waals surface area contributed by atoms with Crippen LogP contribution in [0.4, 0.5) is 11.4 Å². The van der Waals surface area contributed by atoms with Crippen LogP contribution in [0.2, 0.25) is 5.02 Å². The minimum atomic E-state index is -0.405. The van der Waals surface area contributed by atoms with E-state index >= 15 is 0 Å². The predicted octanol–water partition coefficient (Wildman–Crippen LogP) is 6.15. The molecular formula is C18H24BrClN2O2. The molecule has 0 atom stereocenters. The summed E-state index contributed by atoms with van der Waals surface area (Å²) < 4.78 is 0.742. The Morgan fingerprint density at radius 3 is 2.21 bits per heavy atom. The van der Waals surface area contributed by atoms with E-state index in [9.17, 15) is 9.90 Å². The maximum Gasteiger partial charge on any atom is 0.259 e. The smallest absolute Gasteiger partial charge is 0.259 e. The van der Waals surface area contributed by atoms with Gasteiger partial charge in [-0.25, -0.2) is 0 Å². The number of nitrogens with one attached hydrogen (secondary N) is 2. The van der Waals surface area contributed by atoms with Crippen molar-refractivity contribution in [2.75, 3.05) is 17.7 Å². The lowest BCUT2D eigenvalue weighted by atomic mass is 10.2. The highest BCUT2D eigenvalue weighted by Gasteiger charge is 2.13. The lowest BCUT2D eigenvalue weighted by Gasteiger charge is -2.10. The Balaban J connectivity index is 0.00000123. The summed E-state index contributed by atoms with van der Waals surface area (Å²) in [5.74, 6) is -0.560. The molecular weight excluding hydrogens is 392 g/mol. The van der Waals surface area contributed by atoms with Crippen LogP contribution in [0.3, 0.4) is 0 Å². The number of halogens is 2. The van der Waals surface area contributed by atoms with Crippen molar-refractivity contribution in [2.24, 2.45) is 0 Å². The minimum absolute atomic E-state index is 0.155. The summed E-state index contributed by atoms with van der Waals surface area (Å²) in [5, 5.41) is 15.8. The Morgan fingerprint density at radius 1 is 1.08 bits per heavy atom. The Morgan fingerprint density at radius 2 is 1.71 bits per heavy atom. The van der Waals surface area contributed by atoms with Gasteiger partial charge in [0.2, 0.25) is 0 Å². The van der Waals surface area contributed by atoms with Crippen LogP contribution >= 0.6 is 27.5 Å². The molecule has 0 saturated heterocycles. The Bertz CT molecular complexity index is 663. The molecule has 3 N–H and O–H groups in total. The summed E-state index contributed by atoms with van der Waals surface area (Å²) in [5.41, 5.74) is 1.70.